The zero-order chi connectivity index (χ0) is 11.4. The number of benzene rings is 1. The standard InChI is InChI=1S/C12H11BrN2O/c13-10-1-3-11(4-2-10)16-12-8-15-6-5-9(12)7-14/h1-6,8H,7,14H2. The number of aromatic nitrogens is 1. The Bertz CT molecular complexity index is 471. The first kappa shape index (κ1) is 11.1. The van der Waals surface area contributed by atoms with Crippen molar-refractivity contribution in [3.05, 3.63) is 52.8 Å². The van der Waals surface area contributed by atoms with Crippen molar-refractivity contribution in [2.24, 2.45) is 5.73 Å². The monoisotopic (exact) mass is 278 g/mol. The molecule has 0 amide bonds. The molecule has 1 aromatic carbocycles. The van der Waals surface area contributed by atoms with Crippen molar-refractivity contribution in [2.45, 2.75) is 6.54 Å². The first-order valence-electron chi connectivity index (χ1n) is 4.86. The number of nitrogens with zero attached hydrogens (tertiary/aromatic N) is 1. The number of hydrogen-bond donors (Lipinski definition) is 1. The minimum atomic E-state index is 0.439. The van der Waals surface area contributed by atoms with Crippen LogP contribution in [-0.2, 0) is 6.54 Å². The molecule has 0 bridgehead atoms. The second kappa shape index (κ2) is 5.09. The van der Waals surface area contributed by atoms with Crippen LogP contribution in [0.5, 0.6) is 11.5 Å². The highest BCUT2D eigenvalue weighted by atomic mass is 79.9. The van der Waals surface area contributed by atoms with Crippen LogP contribution in [0.2, 0.25) is 0 Å². The van der Waals surface area contributed by atoms with Gasteiger partial charge in [0, 0.05) is 22.8 Å². The van der Waals surface area contributed by atoms with Gasteiger partial charge in [-0.15, -0.1) is 0 Å². The predicted octanol–water partition coefficient (Wildman–Crippen LogP) is 3.10. The summed E-state index contributed by atoms with van der Waals surface area (Å²) in [7, 11) is 0. The quantitative estimate of drug-likeness (QED) is 0.939. The molecule has 1 aromatic heterocycles. The van der Waals surface area contributed by atoms with Crippen molar-refractivity contribution in [1.29, 1.82) is 0 Å². The number of pyridine rings is 1. The summed E-state index contributed by atoms with van der Waals surface area (Å²) in [5, 5.41) is 0. The van der Waals surface area contributed by atoms with E-state index in [4.69, 9.17) is 10.5 Å². The summed E-state index contributed by atoms with van der Waals surface area (Å²) < 4.78 is 6.71. The highest BCUT2D eigenvalue weighted by molar-refractivity contribution is 9.10. The van der Waals surface area contributed by atoms with E-state index in [1.54, 1.807) is 12.4 Å². The second-order valence-electron chi connectivity index (χ2n) is 3.24. The topological polar surface area (TPSA) is 48.1 Å². The van der Waals surface area contributed by atoms with Crippen LogP contribution in [0.15, 0.2) is 47.2 Å². The first-order valence-corrected chi connectivity index (χ1v) is 5.65. The van der Waals surface area contributed by atoms with Gasteiger partial charge in [0.1, 0.15) is 11.5 Å². The number of rotatable bonds is 3. The van der Waals surface area contributed by atoms with Crippen molar-refractivity contribution in [1.82, 2.24) is 4.98 Å². The van der Waals surface area contributed by atoms with Crippen LogP contribution >= 0.6 is 15.9 Å². The van der Waals surface area contributed by atoms with E-state index in [1.165, 1.54) is 0 Å². The van der Waals surface area contributed by atoms with Crippen LogP contribution in [0.4, 0.5) is 0 Å². The first-order chi connectivity index (χ1) is 7.79. The third-order valence-electron chi connectivity index (χ3n) is 2.13. The van der Waals surface area contributed by atoms with E-state index in [9.17, 15) is 0 Å². The maximum Gasteiger partial charge on any atom is 0.150 e. The van der Waals surface area contributed by atoms with E-state index in [1.807, 2.05) is 30.3 Å². The molecule has 4 heteroatoms. The molecule has 0 atom stereocenters. The number of ether oxygens (including phenoxy) is 1. The molecular formula is C12H11BrN2O. The molecule has 1 heterocycles. The molecule has 0 aliphatic rings. The molecule has 2 rings (SSSR count). The molecule has 0 spiro atoms. The summed E-state index contributed by atoms with van der Waals surface area (Å²) >= 11 is 3.37. The Morgan fingerprint density at radius 1 is 1.19 bits per heavy atom. The van der Waals surface area contributed by atoms with E-state index in [2.05, 4.69) is 20.9 Å². The van der Waals surface area contributed by atoms with Crippen LogP contribution in [-0.4, -0.2) is 4.98 Å². The summed E-state index contributed by atoms with van der Waals surface area (Å²) in [6, 6.07) is 9.48. The molecule has 0 radical (unpaired) electrons. The molecule has 3 nitrogen and oxygen atoms in total. The van der Waals surface area contributed by atoms with Crippen LogP contribution in [0.25, 0.3) is 0 Å². The average molecular weight is 279 g/mol. The van der Waals surface area contributed by atoms with Gasteiger partial charge in [-0.25, -0.2) is 0 Å². The van der Waals surface area contributed by atoms with Crippen LogP contribution in [0.3, 0.4) is 0 Å². The third-order valence-corrected chi connectivity index (χ3v) is 2.66. The van der Waals surface area contributed by atoms with Crippen molar-refractivity contribution in [3.63, 3.8) is 0 Å². The van der Waals surface area contributed by atoms with Gasteiger partial charge in [-0.05, 0) is 30.3 Å². The van der Waals surface area contributed by atoms with Crippen LogP contribution in [0, 0.1) is 0 Å². The van der Waals surface area contributed by atoms with Gasteiger partial charge in [-0.3, -0.25) is 4.98 Å². The molecule has 0 aliphatic carbocycles. The lowest BCUT2D eigenvalue weighted by atomic mass is 10.2. The van der Waals surface area contributed by atoms with Gasteiger partial charge < -0.3 is 10.5 Å². The fourth-order valence-electron chi connectivity index (χ4n) is 1.30. The Morgan fingerprint density at radius 2 is 1.94 bits per heavy atom. The molecule has 0 aliphatic heterocycles. The Hall–Kier alpha value is -1.39. The van der Waals surface area contributed by atoms with Crippen LogP contribution < -0.4 is 10.5 Å². The van der Waals surface area contributed by atoms with Gasteiger partial charge in [0.2, 0.25) is 0 Å². The fraction of sp³-hybridized carbons (Fsp3) is 0.0833. The highest BCUT2D eigenvalue weighted by Gasteiger charge is 2.02. The lowest BCUT2D eigenvalue weighted by Gasteiger charge is -2.08. The predicted molar refractivity (Wildman–Crippen MR) is 66.3 cm³/mol. The van der Waals surface area contributed by atoms with Crippen molar-refractivity contribution in [3.8, 4) is 11.5 Å². The van der Waals surface area contributed by atoms with E-state index in [0.717, 1.165) is 15.8 Å². The Labute approximate surface area is 102 Å². The Morgan fingerprint density at radius 3 is 2.62 bits per heavy atom. The normalized spacial score (nSPS) is 10.1. The molecular weight excluding hydrogens is 268 g/mol. The Balaban J connectivity index is 2.23. The van der Waals surface area contributed by atoms with Crippen molar-refractivity contribution in [2.75, 3.05) is 0 Å². The third kappa shape index (κ3) is 2.59. The maximum atomic E-state index is 5.69. The van der Waals surface area contributed by atoms with E-state index < -0.39 is 0 Å². The number of halogens is 1. The molecule has 82 valence electrons. The smallest absolute Gasteiger partial charge is 0.150 e. The lowest BCUT2D eigenvalue weighted by molar-refractivity contribution is 0.474. The van der Waals surface area contributed by atoms with Crippen molar-refractivity contribution >= 4 is 15.9 Å². The van der Waals surface area contributed by atoms with Gasteiger partial charge in [-0.2, -0.15) is 0 Å². The molecule has 0 fully saturated rings. The van der Waals surface area contributed by atoms with Gasteiger partial charge in [0.25, 0.3) is 0 Å². The van der Waals surface area contributed by atoms with E-state index in [-0.39, 0.29) is 0 Å². The lowest BCUT2D eigenvalue weighted by Crippen LogP contribution is -1.99. The molecule has 0 saturated heterocycles. The molecule has 0 saturated carbocycles. The minimum Gasteiger partial charge on any atom is -0.455 e. The van der Waals surface area contributed by atoms with Crippen molar-refractivity contribution < 1.29 is 4.74 Å². The average Bonchev–Trinajstić information content (AvgIpc) is 2.33. The number of hydrogen-bond acceptors (Lipinski definition) is 3. The molecule has 0 unspecified atom stereocenters. The molecule has 16 heavy (non-hydrogen) atoms. The van der Waals surface area contributed by atoms with Gasteiger partial charge in [0.15, 0.2) is 0 Å². The minimum absolute atomic E-state index is 0.439. The Kier molecular flexibility index (Phi) is 3.54. The maximum absolute atomic E-state index is 5.69. The van der Waals surface area contributed by atoms with Gasteiger partial charge in [0.05, 0.1) is 6.20 Å². The van der Waals surface area contributed by atoms with Gasteiger partial charge in [-0.1, -0.05) is 15.9 Å². The molecule has 2 aromatic rings. The summed E-state index contributed by atoms with van der Waals surface area (Å²) in [4.78, 5) is 4.02. The zero-order valence-electron chi connectivity index (χ0n) is 8.56. The second-order valence-corrected chi connectivity index (χ2v) is 4.16. The van der Waals surface area contributed by atoms with E-state index in [0.29, 0.717) is 12.3 Å². The summed E-state index contributed by atoms with van der Waals surface area (Å²) in [5.74, 6) is 1.47. The number of nitrogens with two attached hydrogens (primary N) is 1. The fourth-order valence-corrected chi connectivity index (χ4v) is 1.56. The largest absolute Gasteiger partial charge is 0.455 e. The SMILES string of the molecule is NCc1ccncc1Oc1ccc(Br)cc1. The summed E-state index contributed by atoms with van der Waals surface area (Å²) in [6.07, 6.45) is 3.38. The summed E-state index contributed by atoms with van der Waals surface area (Å²) in [6.45, 7) is 0.439. The summed E-state index contributed by atoms with van der Waals surface area (Å²) in [5.41, 5.74) is 6.56. The zero-order valence-corrected chi connectivity index (χ0v) is 10.1. The van der Waals surface area contributed by atoms with Crippen LogP contribution in [0.1, 0.15) is 5.56 Å². The molecule has 2 N–H and O–H groups in total. The van der Waals surface area contributed by atoms with Gasteiger partial charge >= 0.3 is 0 Å². The highest BCUT2D eigenvalue weighted by Crippen LogP contribution is 2.25. The van der Waals surface area contributed by atoms with E-state index >= 15 is 0 Å².